The number of carbonyl (C=O) groups excluding carboxylic acids is 2. The number of amides is 2. The maximum absolute atomic E-state index is 12.9. The van der Waals surface area contributed by atoms with Gasteiger partial charge in [0.1, 0.15) is 5.75 Å². The van der Waals surface area contributed by atoms with Crippen molar-refractivity contribution in [2.24, 2.45) is 0 Å². The van der Waals surface area contributed by atoms with Crippen LogP contribution in [0.25, 0.3) is 0 Å². The Balaban J connectivity index is 1.64. The summed E-state index contributed by atoms with van der Waals surface area (Å²) >= 11 is 3.52. The summed E-state index contributed by atoms with van der Waals surface area (Å²) in [6, 6.07) is 13.0. The number of nitrogens with zero attached hydrogens (tertiary/aromatic N) is 1. The van der Waals surface area contributed by atoms with E-state index in [4.69, 9.17) is 4.74 Å². The van der Waals surface area contributed by atoms with Gasteiger partial charge in [0, 0.05) is 13.1 Å². The minimum atomic E-state index is -0.305. The minimum absolute atomic E-state index is 0.0308. The third kappa shape index (κ3) is 5.63. The Hall–Kier alpha value is -2.34. The molecule has 6 heteroatoms. The first-order valence-corrected chi connectivity index (χ1v) is 11.2. The van der Waals surface area contributed by atoms with Crippen molar-refractivity contribution in [1.82, 2.24) is 4.90 Å². The van der Waals surface area contributed by atoms with Crippen LogP contribution in [0.15, 0.2) is 46.9 Å². The maximum atomic E-state index is 12.9. The Morgan fingerprint density at radius 3 is 2.43 bits per heavy atom. The molecule has 160 valence electrons. The van der Waals surface area contributed by atoms with Crippen LogP contribution in [0.5, 0.6) is 5.75 Å². The van der Waals surface area contributed by atoms with Gasteiger partial charge in [-0.2, -0.15) is 0 Å². The number of anilines is 1. The zero-order valence-electron chi connectivity index (χ0n) is 17.8. The van der Waals surface area contributed by atoms with Crippen molar-refractivity contribution in [1.29, 1.82) is 0 Å². The average Bonchev–Trinajstić information content (AvgIpc) is 2.72. The molecule has 0 atom stereocenters. The molecule has 0 bridgehead atoms. The van der Waals surface area contributed by atoms with Crippen LogP contribution in [-0.2, 0) is 10.2 Å². The van der Waals surface area contributed by atoms with Crippen LogP contribution in [0.2, 0.25) is 0 Å². The van der Waals surface area contributed by atoms with Crippen molar-refractivity contribution in [3.63, 3.8) is 0 Å². The molecule has 30 heavy (non-hydrogen) atoms. The summed E-state index contributed by atoms with van der Waals surface area (Å²) in [6.07, 6.45) is 3.21. The first kappa shape index (κ1) is 22.3. The molecule has 2 amide bonds. The van der Waals surface area contributed by atoms with Crippen LogP contribution in [-0.4, -0.2) is 36.4 Å². The lowest BCUT2D eigenvalue weighted by Crippen LogP contribution is -2.36. The molecule has 0 aliphatic carbocycles. The van der Waals surface area contributed by atoms with Gasteiger partial charge in [-0.3, -0.25) is 9.59 Å². The number of halogens is 1. The van der Waals surface area contributed by atoms with E-state index in [-0.39, 0.29) is 23.8 Å². The summed E-state index contributed by atoms with van der Waals surface area (Å²) in [7, 11) is 0. The van der Waals surface area contributed by atoms with Crippen molar-refractivity contribution in [2.75, 3.05) is 25.0 Å². The molecule has 5 nitrogen and oxygen atoms in total. The molecule has 0 aromatic heterocycles. The molecule has 2 aromatic carbocycles. The molecule has 1 N–H and O–H groups in total. The van der Waals surface area contributed by atoms with Crippen molar-refractivity contribution in [3.8, 4) is 5.75 Å². The molecule has 1 heterocycles. The molecule has 0 radical (unpaired) electrons. The molecule has 0 spiro atoms. The molecule has 3 rings (SSSR count). The highest BCUT2D eigenvalue weighted by Crippen LogP contribution is 2.31. The van der Waals surface area contributed by atoms with E-state index in [0.29, 0.717) is 17.0 Å². The molecular weight excluding hydrogens is 444 g/mol. The van der Waals surface area contributed by atoms with Crippen LogP contribution in [0.3, 0.4) is 0 Å². The lowest BCUT2D eigenvalue weighted by atomic mass is 9.87. The fourth-order valence-corrected chi connectivity index (χ4v) is 3.95. The largest absolute Gasteiger partial charge is 0.483 e. The number of benzene rings is 2. The van der Waals surface area contributed by atoms with E-state index >= 15 is 0 Å². The van der Waals surface area contributed by atoms with Gasteiger partial charge >= 0.3 is 0 Å². The lowest BCUT2D eigenvalue weighted by Gasteiger charge is -2.27. The van der Waals surface area contributed by atoms with Crippen molar-refractivity contribution < 1.29 is 14.3 Å². The third-order valence-corrected chi connectivity index (χ3v) is 5.85. The monoisotopic (exact) mass is 472 g/mol. The first-order chi connectivity index (χ1) is 14.3. The van der Waals surface area contributed by atoms with E-state index in [2.05, 4.69) is 42.0 Å². The Morgan fingerprint density at radius 1 is 1.07 bits per heavy atom. The van der Waals surface area contributed by atoms with E-state index in [1.807, 2.05) is 35.2 Å². The van der Waals surface area contributed by atoms with Crippen LogP contribution >= 0.6 is 15.9 Å². The molecular formula is C24H29BrN2O3. The molecule has 2 aromatic rings. The number of hydrogen-bond acceptors (Lipinski definition) is 3. The molecule has 1 aliphatic heterocycles. The quantitative estimate of drug-likeness (QED) is 0.634. The lowest BCUT2D eigenvalue weighted by molar-refractivity contribution is -0.118. The molecule has 0 saturated carbocycles. The van der Waals surface area contributed by atoms with Gasteiger partial charge in [0.2, 0.25) is 0 Å². The summed E-state index contributed by atoms with van der Waals surface area (Å²) < 4.78 is 6.51. The zero-order chi connectivity index (χ0) is 21.7. The van der Waals surface area contributed by atoms with E-state index in [1.165, 1.54) is 5.56 Å². The second kappa shape index (κ2) is 9.65. The van der Waals surface area contributed by atoms with Crippen LogP contribution < -0.4 is 10.1 Å². The topological polar surface area (TPSA) is 58.6 Å². The van der Waals surface area contributed by atoms with Gasteiger partial charge in [-0.05, 0) is 70.4 Å². The number of nitrogens with one attached hydrogen (secondary N) is 1. The standard InChI is InChI=1S/C24H29BrN2O3/c1-24(2,3)17-11-12-21(19(25)15-17)30-16-22(28)26-20-10-6-5-9-18(20)23(29)27-13-7-4-8-14-27/h5-6,9-12,15H,4,7-8,13-14,16H2,1-3H3,(H,26,28). The summed E-state index contributed by atoms with van der Waals surface area (Å²) in [5.74, 6) is 0.267. The van der Waals surface area contributed by atoms with Crippen molar-refractivity contribution in [2.45, 2.75) is 45.4 Å². The Bertz CT molecular complexity index is 915. The van der Waals surface area contributed by atoms with Gasteiger partial charge in [-0.15, -0.1) is 0 Å². The number of ether oxygens (including phenoxy) is 1. The number of hydrogen-bond donors (Lipinski definition) is 1. The van der Waals surface area contributed by atoms with Gasteiger partial charge in [0.25, 0.3) is 11.8 Å². The number of likely N-dealkylation sites (tertiary alicyclic amines) is 1. The van der Waals surface area contributed by atoms with Gasteiger partial charge in [-0.25, -0.2) is 0 Å². The molecule has 0 unspecified atom stereocenters. The summed E-state index contributed by atoms with van der Waals surface area (Å²) in [5.41, 5.74) is 2.24. The fourth-order valence-electron chi connectivity index (χ4n) is 3.46. The summed E-state index contributed by atoms with van der Waals surface area (Å²) in [4.78, 5) is 27.2. The molecule has 1 saturated heterocycles. The Kier molecular flexibility index (Phi) is 7.19. The van der Waals surface area contributed by atoms with Gasteiger partial charge in [0.05, 0.1) is 15.7 Å². The predicted octanol–water partition coefficient (Wildman–Crippen LogP) is 5.39. The van der Waals surface area contributed by atoms with E-state index < -0.39 is 0 Å². The summed E-state index contributed by atoms with van der Waals surface area (Å²) in [5, 5.41) is 2.83. The maximum Gasteiger partial charge on any atom is 0.262 e. The minimum Gasteiger partial charge on any atom is -0.483 e. The second-order valence-corrected chi connectivity index (χ2v) is 9.48. The SMILES string of the molecule is CC(C)(C)c1ccc(OCC(=O)Nc2ccccc2C(=O)N2CCCCC2)c(Br)c1. The average molecular weight is 473 g/mol. The van der Waals surface area contributed by atoms with E-state index in [0.717, 1.165) is 36.8 Å². The highest BCUT2D eigenvalue weighted by Gasteiger charge is 2.21. The number of rotatable bonds is 5. The van der Waals surface area contributed by atoms with Crippen molar-refractivity contribution in [3.05, 3.63) is 58.1 Å². The third-order valence-electron chi connectivity index (χ3n) is 5.23. The van der Waals surface area contributed by atoms with Crippen molar-refractivity contribution >= 4 is 33.4 Å². The molecule has 1 fully saturated rings. The molecule has 1 aliphatic rings. The van der Waals surface area contributed by atoms with Gasteiger partial charge in [-0.1, -0.05) is 39.0 Å². The fraction of sp³-hybridized carbons (Fsp3) is 0.417. The first-order valence-electron chi connectivity index (χ1n) is 10.4. The normalized spacial score (nSPS) is 14.3. The smallest absolute Gasteiger partial charge is 0.262 e. The second-order valence-electron chi connectivity index (χ2n) is 8.63. The van der Waals surface area contributed by atoms with E-state index in [1.54, 1.807) is 12.1 Å². The van der Waals surface area contributed by atoms with E-state index in [9.17, 15) is 9.59 Å². The highest BCUT2D eigenvalue weighted by molar-refractivity contribution is 9.10. The number of para-hydroxylation sites is 1. The summed E-state index contributed by atoms with van der Waals surface area (Å²) in [6.45, 7) is 7.83. The highest BCUT2D eigenvalue weighted by atomic mass is 79.9. The Morgan fingerprint density at radius 2 is 1.77 bits per heavy atom. The number of piperidine rings is 1. The number of carbonyl (C=O) groups is 2. The van der Waals surface area contributed by atoms with Crippen LogP contribution in [0.1, 0.15) is 56.0 Å². The van der Waals surface area contributed by atoms with Gasteiger partial charge < -0.3 is 15.0 Å². The van der Waals surface area contributed by atoms with Crippen LogP contribution in [0, 0.1) is 0 Å². The van der Waals surface area contributed by atoms with Gasteiger partial charge in [0.15, 0.2) is 6.61 Å². The van der Waals surface area contributed by atoms with Crippen LogP contribution in [0.4, 0.5) is 5.69 Å². The Labute approximate surface area is 186 Å². The predicted molar refractivity (Wildman–Crippen MR) is 123 cm³/mol. The zero-order valence-corrected chi connectivity index (χ0v) is 19.4.